The fourth-order valence-electron chi connectivity index (χ4n) is 4.82. The summed E-state index contributed by atoms with van der Waals surface area (Å²) in [6, 6.07) is 26.0. The molecule has 2 aromatic heterocycles. The van der Waals surface area contributed by atoms with Gasteiger partial charge in [-0.1, -0.05) is 83.6 Å². The average Bonchev–Trinajstić information content (AvgIpc) is 3.54. The summed E-state index contributed by atoms with van der Waals surface area (Å²) in [6.45, 7) is 1.77. The molecule has 7 nitrogen and oxygen atoms in total. The first kappa shape index (κ1) is 25.7. The van der Waals surface area contributed by atoms with E-state index in [4.69, 9.17) is 21.4 Å². The molecular weight excluding hydrogens is 544 g/mol. The van der Waals surface area contributed by atoms with Gasteiger partial charge in [-0.15, -0.1) is 0 Å². The van der Waals surface area contributed by atoms with Crippen molar-refractivity contribution in [1.29, 1.82) is 0 Å². The molecule has 9 heteroatoms. The number of aromatic nitrogens is 3. The molecule has 1 atom stereocenters. The first-order chi connectivity index (χ1) is 19.4. The zero-order chi connectivity index (χ0) is 27.8. The van der Waals surface area contributed by atoms with Crippen LogP contribution in [0.1, 0.15) is 24.1 Å². The number of benzene rings is 3. The zero-order valence-corrected chi connectivity index (χ0v) is 23.2. The maximum Gasteiger partial charge on any atom is 0.338 e. The van der Waals surface area contributed by atoms with E-state index in [1.165, 1.54) is 18.4 Å². The number of methoxy groups -OCH3 is 1. The molecule has 198 valence electrons. The Balaban J connectivity index is 1.57. The maximum absolute atomic E-state index is 14.0. The Morgan fingerprint density at radius 1 is 1.00 bits per heavy atom. The molecule has 0 saturated carbocycles. The van der Waals surface area contributed by atoms with Crippen LogP contribution < -0.4 is 14.9 Å². The van der Waals surface area contributed by atoms with E-state index in [1.807, 2.05) is 97.2 Å². The molecule has 0 bridgehead atoms. The van der Waals surface area contributed by atoms with Gasteiger partial charge >= 0.3 is 5.97 Å². The Morgan fingerprint density at radius 2 is 1.68 bits per heavy atom. The van der Waals surface area contributed by atoms with Crippen molar-refractivity contribution in [3.8, 4) is 16.9 Å². The standard InChI is InChI=1S/C31H23ClN4O3S/c1-19-26(30(38)39-2)28(21-9-5-3-6-10-21)36-29(37)25(40-31(36)33-19)17-22-18-35(24-11-7-4-8-12-24)34-27(22)20-13-15-23(32)16-14-20/h3-18,28H,1-2H3/b25-17-/t28-/m1/s1. The molecule has 0 unspecified atom stereocenters. The first-order valence-electron chi connectivity index (χ1n) is 12.5. The van der Waals surface area contributed by atoms with Gasteiger partial charge in [0.25, 0.3) is 5.56 Å². The van der Waals surface area contributed by atoms with Crippen LogP contribution in [-0.4, -0.2) is 27.4 Å². The molecule has 0 fully saturated rings. The van der Waals surface area contributed by atoms with Crippen molar-refractivity contribution in [3.63, 3.8) is 0 Å². The molecule has 6 rings (SSSR count). The van der Waals surface area contributed by atoms with E-state index in [1.54, 1.807) is 16.2 Å². The van der Waals surface area contributed by atoms with Crippen LogP contribution in [0.2, 0.25) is 5.02 Å². The lowest BCUT2D eigenvalue weighted by Crippen LogP contribution is -2.39. The van der Waals surface area contributed by atoms with E-state index in [-0.39, 0.29) is 5.56 Å². The molecule has 0 aliphatic carbocycles. The minimum Gasteiger partial charge on any atom is -0.466 e. The zero-order valence-electron chi connectivity index (χ0n) is 21.6. The lowest BCUT2D eigenvalue weighted by Gasteiger charge is -2.24. The second kappa shape index (κ2) is 10.6. The quantitative estimate of drug-likeness (QED) is 0.283. The summed E-state index contributed by atoms with van der Waals surface area (Å²) in [5.74, 6) is -0.515. The van der Waals surface area contributed by atoms with E-state index >= 15 is 0 Å². The molecule has 1 aliphatic heterocycles. The Bertz CT molecular complexity index is 1940. The van der Waals surface area contributed by atoms with Gasteiger partial charge in [0.1, 0.15) is 5.69 Å². The molecule has 1 aliphatic rings. The average molecular weight is 567 g/mol. The number of rotatable bonds is 5. The SMILES string of the molecule is COC(=O)C1=C(C)N=c2s/c(=C\c3cn(-c4ccccc4)nc3-c3ccc(Cl)cc3)c(=O)n2[C@@H]1c1ccccc1. The van der Waals surface area contributed by atoms with Crippen LogP contribution in [0.15, 0.2) is 112 Å². The number of ether oxygens (including phenoxy) is 1. The van der Waals surface area contributed by atoms with E-state index < -0.39 is 12.0 Å². The number of hydrogen-bond acceptors (Lipinski definition) is 6. The monoisotopic (exact) mass is 566 g/mol. The van der Waals surface area contributed by atoms with Crippen molar-refractivity contribution >= 4 is 35.0 Å². The number of esters is 1. The lowest BCUT2D eigenvalue weighted by molar-refractivity contribution is -0.136. The molecule has 40 heavy (non-hydrogen) atoms. The van der Waals surface area contributed by atoms with Gasteiger partial charge in [-0.3, -0.25) is 9.36 Å². The van der Waals surface area contributed by atoms with E-state index in [0.717, 1.165) is 22.4 Å². The van der Waals surface area contributed by atoms with Crippen molar-refractivity contribution in [3.05, 3.63) is 138 Å². The van der Waals surface area contributed by atoms with Gasteiger partial charge in [0.15, 0.2) is 4.80 Å². The van der Waals surface area contributed by atoms with Crippen LogP contribution in [0.5, 0.6) is 0 Å². The molecule has 0 N–H and O–H groups in total. The van der Waals surface area contributed by atoms with Gasteiger partial charge in [-0.25, -0.2) is 14.5 Å². The highest BCUT2D eigenvalue weighted by atomic mass is 35.5. The Hall–Kier alpha value is -4.53. The van der Waals surface area contributed by atoms with E-state index in [2.05, 4.69) is 4.99 Å². The number of para-hydroxylation sites is 1. The summed E-state index contributed by atoms with van der Waals surface area (Å²) in [5, 5.41) is 5.48. The number of thiazole rings is 1. The van der Waals surface area contributed by atoms with Crippen LogP contribution in [0.4, 0.5) is 0 Å². The minimum atomic E-state index is -0.658. The molecule has 0 saturated heterocycles. The maximum atomic E-state index is 14.0. The number of allylic oxidation sites excluding steroid dienone is 1. The predicted octanol–water partition coefficient (Wildman–Crippen LogP) is 4.91. The van der Waals surface area contributed by atoms with Crippen molar-refractivity contribution in [1.82, 2.24) is 14.3 Å². The fraction of sp³-hybridized carbons (Fsp3) is 0.0968. The second-order valence-corrected chi connectivity index (χ2v) is 10.6. The van der Waals surface area contributed by atoms with E-state index in [0.29, 0.717) is 31.3 Å². The molecule has 3 heterocycles. The second-order valence-electron chi connectivity index (χ2n) is 9.20. The minimum absolute atomic E-state index is 0.249. The predicted molar refractivity (Wildman–Crippen MR) is 156 cm³/mol. The summed E-state index contributed by atoms with van der Waals surface area (Å²) in [6.07, 6.45) is 3.73. The third-order valence-electron chi connectivity index (χ3n) is 6.71. The summed E-state index contributed by atoms with van der Waals surface area (Å²) >= 11 is 7.42. The lowest BCUT2D eigenvalue weighted by atomic mass is 9.96. The van der Waals surface area contributed by atoms with Crippen molar-refractivity contribution in [2.75, 3.05) is 7.11 Å². The normalized spacial score (nSPS) is 15.1. The van der Waals surface area contributed by atoms with Gasteiger partial charge < -0.3 is 4.74 Å². The van der Waals surface area contributed by atoms with Crippen molar-refractivity contribution in [2.24, 2.45) is 4.99 Å². The van der Waals surface area contributed by atoms with Crippen molar-refractivity contribution < 1.29 is 9.53 Å². The van der Waals surface area contributed by atoms with Crippen LogP contribution in [0, 0.1) is 0 Å². The van der Waals surface area contributed by atoms with Crippen LogP contribution in [0.3, 0.4) is 0 Å². The first-order valence-corrected chi connectivity index (χ1v) is 13.7. The smallest absolute Gasteiger partial charge is 0.338 e. The van der Waals surface area contributed by atoms with Crippen LogP contribution >= 0.6 is 22.9 Å². The molecule has 5 aromatic rings. The number of nitrogens with zero attached hydrogens (tertiary/aromatic N) is 4. The summed E-state index contributed by atoms with van der Waals surface area (Å²) in [7, 11) is 1.33. The molecule has 3 aromatic carbocycles. The molecule has 0 radical (unpaired) electrons. The Labute approximate surface area is 238 Å². The highest BCUT2D eigenvalue weighted by Crippen LogP contribution is 2.30. The highest BCUT2D eigenvalue weighted by Gasteiger charge is 2.33. The van der Waals surface area contributed by atoms with E-state index in [9.17, 15) is 9.59 Å². The van der Waals surface area contributed by atoms with Crippen LogP contribution in [-0.2, 0) is 9.53 Å². The highest BCUT2D eigenvalue weighted by molar-refractivity contribution is 7.07. The van der Waals surface area contributed by atoms with Gasteiger partial charge in [-0.05, 0) is 42.8 Å². The largest absolute Gasteiger partial charge is 0.466 e. The number of hydrogen-bond donors (Lipinski definition) is 0. The molecular formula is C31H23ClN4O3S. The number of fused-ring (bicyclic) bond motifs is 1. The van der Waals surface area contributed by atoms with Crippen LogP contribution in [0.25, 0.3) is 23.0 Å². The molecule has 0 amide bonds. The number of halogens is 1. The fourth-order valence-corrected chi connectivity index (χ4v) is 5.99. The van der Waals surface area contributed by atoms with Gasteiger partial charge in [0.05, 0.1) is 34.6 Å². The summed E-state index contributed by atoms with van der Waals surface area (Å²) in [4.78, 5) is 32.0. The summed E-state index contributed by atoms with van der Waals surface area (Å²) < 4.78 is 8.93. The third kappa shape index (κ3) is 4.61. The topological polar surface area (TPSA) is 78.5 Å². The Morgan fingerprint density at radius 3 is 2.35 bits per heavy atom. The third-order valence-corrected chi connectivity index (χ3v) is 7.94. The van der Waals surface area contributed by atoms with Gasteiger partial charge in [-0.2, -0.15) is 5.10 Å². The summed E-state index contributed by atoms with van der Waals surface area (Å²) in [5.41, 5.74) is 4.63. The number of carbonyl (C=O) groups excluding carboxylic acids is 1. The molecule has 0 spiro atoms. The van der Waals surface area contributed by atoms with Gasteiger partial charge in [0.2, 0.25) is 0 Å². The van der Waals surface area contributed by atoms with Crippen molar-refractivity contribution in [2.45, 2.75) is 13.0 Å². The van der Waals surface area contributed by atoms with Gasteiger partial charge in [0, 0.05) is 22.3 Å². The number of carbonyl (C=O) groups is 1. The Kier molecular flexibility index (Phi) is 6.79.